The van der Waals surface area contributed by atoms with Gasteiger partial charge in [0.25, 0.3) is 0 Å². The highest BCUT2D eigenvalue weighted by Gasteiger charge is 2.17. The summed E-state index contributed by atoms with van der Waals surface area (Å²) in [6.07, 6.45) is 0.431. The molecule has 4 amide bonds. The quantitative estimate of drug-likeness (QED) is 0.201. The van der Waals surface area contributed by atoms with Gasteiger partial charge in [0.1, 0.15) is 13.1 Å². The maximum Gasteiger partial charge on any atom is 0.242 e. The number of hydrogen-bond acceptors (Lipinski definition) is 7. The Bertz CT molecular complexity index is 444. The van der Waals surface area contributed by atoms with Crippen LogP contribution in [0.25, 0.3) is 0 Å². The number of nitrogens with zero attached hydrogens (tertiary/aromatic N) is 2. The van der Waals surface area contributed by atoms with E-state index in [0.717, 1.165) is 10.0 Å². The lowest BCUT2D eigenvalue weighted by atomic mass is 10.4. The molecule has 0 atom stereocenters. The Morgan fingerprint density at radius 2 is 1.38 bits per heavy atom. The summed E-state index contributed by atoms with van der Waals surface area (Å²) < 4.78 is 0. The normalized spacial score (nSPS) is 10.0. The minimum atomic E-state index is -0.450. The van der Waals surface area contributed by atoms with Crippen molar-refractivity contribution in [1.82, 2.24) is 31.5 Å². The van der Waals surface area contributed by atoms with Crippen molar-refractivity contribution in [3.8, 4) is 0 Å². The molecule has 0 radical (unpaired) electrons. The predicted octanol–water partition coefficient (Wildman–Crippen LogP) is -2.79. The number of hydrazine groups is 2. The van der Waals surface area contributed by atoms with Crippen LogP contribution in [0.2, 0.25) is 0 Å². The van der Waals surface area contributed by atoms with Crippen molar-refractivity contribution < 1.29 is 19.2 Å². The second-order valence-electron chi connectivity index (χ2n) is 4.64. The number of carbonyl (C=O) groups is 4. The molecule has 0 rings (SSSR count). The van der Waals surface area contributed by atoms with Crippen LogP contribution < -0.4 is 27.2 Å². The number of nitrogens with one attached hydrogen (secondary N) is 4. The number of nitrogens with two attached hydrogens (primary N) is 1. The van der Waals surface area contributed by atoms with Crippen molar-refractivity contribution in [3.05, 3.63) is 0 Å². The Morgan fingerprint density at radius 1 is 0.875 bits per heavy atom. The second kappa shape index (κ2) is 12.2. The molecule has 6 N–H and O–H groups in total. The topological polar surface area (TPSA) is 149 Å². The van der Waals surface area contributed by atoms with Crippen molar-refractivity contribution >= 4 is 23.6 Å². The van der Waals surface area contributed by atoms with E-state index in [-0.39, 0.29) is 57.0 Å². The summed E-state index contributed by atoms with van der Waals surface area (Å²) in [7, 11) is 1.46. The first kappa shape index (κ1) is 21.8. The van der Waals surface area contributed by atoms with Gasteiger partial charge in [-0.1, -0.05) is 13.8 Å². The molecule has 11 heteroatoms. The average Bonchev–Trinajstić information content (AvgIpc) is 2.58. The third-order valence-corrected chi connectivity index (χ3v) is 2.93. The van der Waals surface area contributed by atoms with Crippen LogP contribution in [0.5, 0.6) is 0 Å². The van der Waals surface area contributed by atoms with Gasteiger partial charge in [0, 0.05) is 19.9 Å². The Balaban J connectivity index is 4.42. The monoisotopic (exact) mass is 345 g/mol. The third-order valence-electron chi connectivity index (χ3n) is 2.93. The maximum atomic E-state index is 11.8. The molecule has 0 bridgehead atoms. The minimum Gasteiger partial charge on any atom is -0.358 e. The number of hydrogen-bond donors (Lipinski definition) is 5. The van der Waals surface area contributed by atoms with Crippen LogP contribution in [-0.4, -0.2) is 67.1 Å². The summed E-state index contributed by atoms with van der Waals surface area (Å²) in [5.41, 5.74) is 10.6. The first-order valence-electron chi connectivity index (χ1n) is 7.64. The second-order valence-corrected chi connectivity index (χ2v) is 4.64. The number of amides is 4. The van der Waals surface area contributed by atoms with E-state index in [9.17, 15) is 19.2 Å². The number of carbonyl (C=O) groups excluding carboxylic acids is 4. The minimum absolute atomic E-state index is 0.0161. The molecule has 0 aromatic rings. The van der Waals surface area contributed by atoms with Crippen molar-refractivity contribution in [2.75, 3.05) is 33.5 Å². The summed E-state index contributed by atoms with van der Waals surface area (Å²) in [6, 6.07) is 0. The van der Waals surface area contributed by atoms with Crippen LogP contribution >= 0.6 is 0 Å². The standard InChI is InChI=1S/C13H27N7O4/c1-4-12(23)19(17-8-14)7-11(22)16-9-18-20(13(24)5-2)6-10(21)15-3/h17-18H,4-9,14H2,1-3H3,(H,15,21)(H,16,22). The average molecular weight is 345 g/mol. The summed E-state index contributed by atoms with van der Waals surface area (Å²) >= 11 is 0. The fourth-order valence-corrected chi connectivity index (χ4v) is 1.61. The number of likely N-dealkylation sites (N-methyl/N-ethyl adjacent to an activating group) is 1. The highest BCUT2D eigenvalue weighted by Crippen LogP contribution is 1.91. The van der Waals surface area contributed by atoms with Crippen molar-refractivity contribution in [3.63, 3.8) is 0 Å². The van der Waals surface area contributed by atoms with Crippen LogP contribution in [0, 0.1) is 0 Å². The molecule has 0 heterocycles. The highest BCUT2D eigenvalue weighted by atomic mass is 16.2. The lowest BCUT2D eigenvalue weighted by Crippen LogP contribution is -2.54. The zero-order valence-electron chi connectivity index (χ0n) is 14.3. The molecule has 0 unspecified atom stereocenters. The van der Waals surface area contributed by atoms with E-state index < -0.39 is 5.91 Å². The van der Waals surface area contributed by atoms with Crippen LogP contribution in [-0.2, 0) is 19.2 Å². The Hall–Kier alpha value is -2.24. The zero-order valence-corrected chi connectivity index (χ0v) is 14.3. The van der Waals surface area contributed by atoms with Gasteiger partial charge in [-0.05, 0) is 0 Å². The fourth-order valence-electron chi connectivity index (χ4n) is 1.61. The molecule has 138 valence electrons. The Kier molecular flexibility index (Phi) is 11.1. The van der Waals surface area contributed by atoms with Crippen LogP contribution in [0.3, 0.4) is 0 Å². The van der Waals surface area contributed by atoms with Gasteiger partial charge in [-0.15, -0.1) is 0 Å². The van der Waals surface area contributed by atoms with Crippen LogP contribution in [0.1, 0.15) is 26.7 Å². The molecule has 0 aliphatic carbocycles. The van der Waals surface area contributed by atoms with Gasteiger partial charge in [-0.2, -0.15) is 0 Å². The van der Waals surface area contributed by atoms with E-state index in [2.05, 4.69) is 21.5 Å². The van der Waals surface area contributed by atoms with Crippen molar-refractivity contribution in [2.24, 2.45) is 5.73 Å². The van der Waals surface area contributed by atoms with E-state index in [0.29, 0.717) is 0 Å². The van der Waals surface area contributed by atoms with Gasteiger partial charge >= 0.3 is 0 Å². The van der Waals surface area contributed by atoms with Gasteiger partial charge in [0.05, 0.1) is 13.3 Å². The van der Waals surface area contributed by atoms with Gasteiger partial charge in [0.15, 0.2) is 0 Å². The summed E-state index contributed by atoms with van der Waals surface area (Å²) in [5, 5.41) is 7.15. The molecule has 0 saturated heterocycles. The molecule has 0 aromatic heterocycles. The summed E-state index contributed by atoms with van der Waals surface area (Å²) in [5.74, 6) is -1.36. The van der Waals surface area contributed by atoms with Gasteiger partial charge in [0.2, 0.25) is 23.6 Å². The Morgan fingerprint density at radius 3 is 1.83 bits per heavy atom. The molecule has 0 aliphatic heterocycles. The van der Waals surface area contributed by atoms with Gasteiger partial charge in [-0.25, -0.2) is 10.9 Å². The molecule has 0 saturated carbocycles. The first-order valence-corrected chi connectivity index (χ1v) is 7.64. The van der Waals surface area contributed by atoms with E-state index in [1.54, 1.807) is 13.8 Å². The Labute approximate surface area is 141 Å². The van der Waals surface area contributed by atoms with E-state index >= 15 is 0 Å². The highest BCUT2D eigenvalue weighted by molar-refractivity contribution is 5.85. The fraction of sp³-hybridized carbons (Fsp3) is 0.692. The van der Waals surface area contributed by atoms with Crippen molar-refractivity contribution in [1.29, 1.82) is 0 Å². The van der Waals surface area contributed by atoms with E-state index in [1.807, 2.05) is 0 Å². The zero-order chi connectivity index (χ0) is 18.5. The van der Waals surface area contributed by atoms with Crippen LogP contribution in [0.15, 0.2) is 0 Å². The van der Waals surface area contributed by atoms with Gasteiger partial charge in [-0.3, -0.25) is 29.2 Å². The first-order chi connectivity index (χ1) is 11.4. The smallest absolute Gasteiger partial charge is 0.242 e. The van der Waals surface area contributed by atoms with Crippen molar-refractivity contribution in [2.45, 2.75) is 26.7 Å². The largest absolute Gasteiger partial charge is 0.358 e. The molecular weight excluding hydrogens is 318 g/mol. The molecule has 0 fully saturated rings. The van der Waals surface area contributed by atoms with E-state index in [1.165, 1.54) is 7.05 Å². The SMILES string of the molecule is CCC(=O)N(CC(=O)NC)NCNC(=O)CN(NCN)C(=O)CC. The van der Waals surface area contributed by atoms with Gasteiger partial charge < -0.3 is 16.4 Å². The molecular formula is C13H27N7O4. The van der Waals surface area contributed by atoms with E-state index in [4.69, 9.17) is 5.73 Å². The van der Waals surface area contributed by atoms with Crippen LogP contribution in [0.4, 0.5) is 0 Å². The lowest BCUT2D eigenvalue weighted by Gasteiger charge is -2.24. The number of rotatable bonds is 11. The molecule has 11 nitrogen and oxygen atoms in total. The summed E-state index contributed by atoms with van der Waals surface area (Å²) in [4.78, 5) is 46.5. The summed E-state index contributed by atoms with van der Waals surface area (Å²) in [6.45, 7) is 2.88. The molecule has 24 heavy (non-hydrogen) atoms. The lowest BCUT2D eigenvalue weighted by molar-refractivity contribution is -0.140. The third kappa shape index (κ3) is 8.41. The molecule has 0 aromatic carbocycles. The maximum absolute atomic E-state index is 11.8. The predicted molar refractivity (Wildman–Crippen MR) is 86.4 cm³/mol. The molecule has 0 spiro atoms. The molecule has 0 aliphatic rings.